The van der Waals surface area contributed by atoms with Crippen molar-refractivity contribution in [2.24, 2.45) is 0 Å². The number of ether oxygens (including phenoxy) is 1. The molecule has 1 aliphatic rings. The number of carbonyl (C=O) groups excluding carboxylic acids is 1. The summed E-state index contributed by atoms with van der Waals surface area (Å²) in [5, 5.41) is 3.57. The van der Waals surface area contributed by atoms with E-state index in [2.05, 4.69) is 56.9 Å². The zero-order chi connectivity index (χ0) is 17.6. The lowest BCUT2D eigenvalue weighted by Crippen LogP contribution is -2.39. The van der Waals surface area contributed by atoms with Gasteiger partial charge in [-0.3, -0.25) is 4.79 Å². The molecule has 0 aromatic heterocycles. The highest BCUT2D eigenvalue weighted by atomic mass is 16.5. The molecule has 2 unspecified atom stereocenters. The Labute approximate surface area is 146 Å². The molecule has 3 heteroatoms. The molecule has 1 N–H and O–H groups in total. The summed E-state index contributed by atoms with van der Waals surface area (Å²) < 4.78 is 5.71. The van der Waals surface area contributed by atoms with Crippen LogP contribution < -0.4 is 5.32 Å². The van der Waals surface area contributed by atoms with Crippen LogP contribution in [0.1, 0.15) is 64.9 Å². The molecule has 0 amide bonds. The maximum Gasteiger partial charge on any atom is 0.306 e. The number of hydrogen-bond acceptors (Lipinski definition) is 3. The fourth-order valence-corrected chi connectivity index (χ4v) is 3.13. The molecule has 3 nitrogen and oxygen atoms in total. The number of benzene rings is 1. The van der Waals surface area contributed by atoms with Crippen molar-refractivity contribution in [2.45, 2.75) is 76.9 Å². The number of nitrogens with one attached hydrogen (secondary N) is 1. The number of anilines is 1. The third-order valence-corrected chi connectivity index (χ3v) is 4.64. The van der Waals surface area contributed by atoms with Crippen molar-refractivity contribution >= 4 is 11.7 Å². The smallest absolute Gasteiger partial charge is 0.306 e. The number of allylic oxidation sites excluding steroid dienone is 1. The van der Waals surface area contributed by atoms with Crippen LogP contribution in [0.5, 0.6) is 0 Å². The largest absolute Gasteiger partial charge is 0.460 e. The first-order chi connectivity index (χ1) is 11.4. The summed E-state index contributed by atoms with van der Waals surface area (Å²) in [4.78, 5) is 11.9. The van der Waals surface area contributed by atoms with Crippen LogP contribution in [0.3, 0.4) is 0 Å². The summed E-state index contributed by atoms with van der Waals surface area (Å²) in [5.74, 6) is -0.114. The Balaban J connectivity index is 1.97. The molecule has 24 heavy (non-hydrogen) atoms. The summed E-state index contributed by atoms with van der Waals surface area (Å²) in [7, 11) is 0. The predicted octanol–water partition coefficient (Wildman–Crippen LogP) is 5.22. The summed E-state index contributed by atoms with van der Waals surface area (Å²) in [6.45, 7) is 10.3. The molecular weight excluding hydrogens is 298 g/mol. The van der Waals surface area contributed by atoms with Crippen LogP contribution in [-0.2, 0) is 14.9 Å². The van der Waals surface area contributed by atoms with Crippen LogP contribution in [0.25, 0.3) is 0 Å². The number of carbonyl (C=O) groups is 1. The van der Waals surface area contributed by atoms with Crippen LogP contribution in [0.2, 0.25) is 0 Å². The van der Waals surface area contributed by atoms with Gasteiger partial charge in [0.05, 0.1) is 6.04 Å². The van der Waals surface area contributed by atoms with Crippen LogP contribution in [0.4, 0.5) is 5.69 Å². The molecular formula is C21H31NO2. The van der Waals surface area contributed by atoms with Crippen molar-refractivity contribution in [1.82, 2.24) is 0 Å². The second-order valence-electron chi connectivity index (χ2n) is 7.72. The van der Waals surface area contributed by atoms with Gasteiger partial charge in [0.1, 0.15) is 6.10 Å². The monoisotopic (exact) mass is 329 g/mol. The van der Waals surface area contributed by atoms with E-state index in [4.69, 9.17) is 4.74 Å². The molecule has 0 aliphatic heterocycles. The Morgan fingerprint density at radius 1 is 1.25 bits per heavy atom. The maximum absolute atomic E-state index is 11.9. The van der Waals surface area contributed by atoms with E-state index in [9.17, 15) is 4.79 Å². The fraction of sp³-hybridized carbons (Fsp3) is 0.571. The second-order valence-corrected chi connectivity index (χ2v) is 7.72. The van der Waals surface area contributed by atoms with Crippen molar-refractivity contribution in [1.29, 1.82) is 0 Å². The molecule has 0 bridgehead atoms. The lowest BCUT2D eigenvalue weighted by Gasteiger charge is -2.32. The predicted molar refractivity (Wildman–Crippen MR) is 100 cm³/mol. The Hall–Kier alpha value is -1.77. The van der Waals surface area contributed by atoms with Gasteiger partial charge in [-0.05, 0) is 48.8 Å². The molecule has 1 aromatic rings. The van der Waals surface area contributed by atoms with Crippen LogP contribution in [-0.4, -0.2) is 18.1 Å². The quantitative estimate of drug-likeness (QED) is 0.574. The van der Waals surface area contributed by atoms with Gasteiger partial charge in [0.25, 0.3) is 0 Å². The standard InChI is InChI=1S/C21H31NO2/c1-5-6-11-20(23)24-19-10-8-7-9-18(19)22-17-14-12-16(13-15-17)21(2,3)4/h5,12-15,18-19,22H,1,6-11H2,2-4H3. The van der Waals surface area contributed by atoms with E-state index < -0.39 is 0 Å². The molecule has 2 atom stereocenters. The Morgan fingerprint density at radius 3 is 2.54 bits per heavy atom. The summed E-state index contributed by atoms with van der Waals surface area (Å²) >= 11 is 0. The maximum atomic E-state index is 11.9. The van der Waals surface area contributed by atoms with Crippen LogP contribution >= 0.6 is 0 Å². The van der Waals surface area contributed by atoms with Gasteiger partial charge in [-0.25, -0.2) is 0 Å². The lowest BCUT2D eigenvalue weighted by atomic mass is 9.87. The van der Waals surface area contributed by atoms with E-state index in [0.717, 1.165) is 24.9 Å². The van der Waals surface area contributed by atoms with Crippen molar-refractivity contribution in [3.05, 3.63) is 42.5 Å². The van der Waals surface area contributed by atoms with Gasteiger partial charge in [-0.2, -0.15) is 0 Å². The first-order valence-electron chi connectivity index (χ1n) is 9.07. The second kappa shape index (κ2) is 8.36. The van der Waals surface area contributed by atoms with Gasteiger partial charge in [0, 0.05) is 12.1 Å². The van der Waals surface area contributed by atoms with Crippen molar-refractivity contribution in [3.63, 3.8) is 0 Å². The highest BCUT2D eigenvalue weighted by molar-refractivity contribution is 5.69. The molecule has 0 spiro atoms. The van der Waals surface area contributed by atoms with E-state index in [0.29, 0.717) is 12.8 Å². The molecule has 0 heterocycles. The number of hydrogen-bond donors (Lipinski definition) is 1. The van der Waals surface area contributed by atoms with Crippen molar-refractivity contribution in [2.75, 3.05) is 5.32 Å². The number of rotatable bonds is 6. The van der Waals surface area contributed by atoms with Crippen molar-refractivity contribution < 1.29 is 9.53 Å². The van der Waals surface area contributed by atoms with E-state index in [-0.39, 0.29) is 23.5 Å². The van der Waals surface area contributed by atoms with Crippen molar-refractivity contribution in [3.8, 4) is 0 Å². The summed E-state index contributed by atoms with van der Waals surface area (Å²) in [6.07, 6.45) is 7.12. The normalized spacial score (nSPS) is 21.1. The molecule has 0 radical (unpaired) electrons. The highest BCUT2D eigenvalue weighted by Gasteiger charge is 2.28. The molecule has 1 aliphatic carbocycles. The average molecular weight is 329 g/mol. The molecule has 0 saturated heterocycles. The van der Waals surface area contributed by atoms with Gasteiger partial charge < -0.3 is 10.1 Å². The fourth-order valence-electron chi connectivity index (χ4n) is 3.13. The summed E-state index contributed by atoms with van der Waals surface area (Å²) in [5.41, 5.74) is 2.58. The zero-order valence-corrected chi connectivity index (χ0v) is 15.3. The van der Waals surface area contributed by atoms with Gasteiger partial charge in [-0.15, -0.1) is 6.58 Å². The van der Waals surface area contributed by atoms with Crippen LogP contribution in [0, 0.1) is 0 Å². The minimum atomic E-state index is -0.114. The van der Waals surface area contributed by atoms with Gasteiger partial charge in [-0.1, -0.05) is 45.4 Å². The van der Waals surface area contributed by atoms with E-state index in [1.165, 1.54) is 12.0 Å². The Kier molecular flexibility index (Phi) is 6.47. The number of esters is 1. The van der Waals surface area contributed by atoms with E-state index >= 15 is 0 Å². The average Bonchev–Trinajstić information content (AvgIpc) is 2.54. The molecule has 2 rings (SSSR count). The SMILES string of the molecule is C=CCCC(=O)OC1CCCCC1Nc1ccc(C(C)(C)C)cc1. The zero-order valence-electron chi connectivity index (χ0n) is 15.3. The third kappa shape index (κ3) is 5.40. The highest BCUT2D eigenvalue weighted by Crippen LogP contribution is 2.27. The van der Waals surface area contributed by atoms with E-state index in [1.807, 2.05) is 0 Å². The van der Waals surface area contributed by atoms with Gasteiger partial charge in [0.2, 0.25) is 0 Å². The third-order valence-electron chi connectivity index (χ3n) is 4.64. The molecule has 132 valence electrons. The first-order valence-corrected chi connectivity index (χ1v) is 9.07. The summed E-state index contributed by atoms with van der Waals surface area (Å²) in [6, 6.07) is 8.82. The van der Waals surface area contributed by atoms with Gasteiger partial charge >= 0.3 is 5.97 Å². The Morgan fingerprint density at radius 2 is 1.92 bits per heavy atom. The topological polar surface area (TPSA) is 38.3 Å². The minimum absolute atomic E-state index is 0.0293. The first kappa shape index (κ1) is 18.6. The minimum Gasteiger partial charge on any atom is -0.460 e. The molecule has 1 saturated carbocycles. The molecule has 1 aromatic carbocycles. The lowest BCUT2D eigenvalue weighted by molar-refractivity contribution is -0.150. The van der Waals surface area contributed by atoms with Crippen LogP contribution in [0.15, 0.2) is 36.9 Å². The Bertz CT molecular complexity index is 542. The van der Waals surface area contributed by atoms with E-state index in [1.54, 1.807) is 6.08 Å². The molecule has 1 fully saturated rings. The van der Waals surface area contributed by atoms with Gasteiger partial charge in [0.15, 0.2) is 0 Å².